The van der Waals surface area contributed by atoms with Crippen LogP contribution in [0.15, 0.2) is 0 Å². The summed E-state index contributed by atoms with van der Waals surface area (Å²) >= 11 is 0. The predicted octanol–water partition coefficient (Wildman–Crippen LogP) is 8.68. The molecule has 0 heterocycles. The van der Waals surface area contributed by atoms with Crippen LogP contribution in [0.2, 0.25) is 6.55 Å². The molecule has 0 aliphatic rings. The zero-order chi connectivity index (χ0) is 22.0. The first-order valence-electron chi connectivity index (χ1n) is 13.0. The van der Waals surface area contributed by atoms with Gasteiger partial charge in [0.1, 0.15) is 0 Å². The van der Waals surface area contributed by atoms with Gasteiger partial charge in [-0.2, -0.15) is 0 Å². The highest BCUT2D eigenvalue weighted by Crippen LogP contribution is 2.27. The van der Waals surface area contributed by atoms with Crippen molar-refractivity contribution in [2.45, 2.75) is 163 Å². The third-order valence-corrected chi connectivity index (χ3v) is 7.90. The molecule has 3 unspecified atom stereocenters. The Balaban J connectivity index is 5.41. The first kappa shape index (κ1) is 29.1. The van der Waals surface area contributed by atoms with E-state index < -0.39 is 8.80 Å². The summed E-state index contributed by atoms with van der Waals surface area (Å²) in [5.74, 6) is 0. The van der Waals surface area contributed by atoms with Crippen molar-refractivity contribution < 1.29 is 13.3 Å². The van der Waals surface area contributed by atoms with Gasteiger partial charge in [0.15, 0.2) is 0 Å². The Kier molecular flexibility index (Phi) is 18.9. The van der Waals surface area contributed by atoms with Crippen molar-refractivity contribution in [3.05, 3.63) is 0 Å². The highest BCUT2D eigenvalue weighted by molar-refractivity contribution is 6.59. The minimum absolute atomic E-state index is 0.276. The van der Waals surface area contributed by atoms with Crippen LogP contribution < -0.4 is 0 Å². The minimum Gasteiger partial charge on any atom is -0.371 e. The average molecular weight is 431 g/mol. The highest BCUT2D eigenvalue weighted by atomic mass is 28.4. The van der Waals surface area contributed by atoms with Gasteiger partial charge in [0.25, 0.3) is 0 Å². The fraction of sp³-hybridized carbons (Fsp3) is 1.00. The molecule has 0 aliphatic heterocycles. The fourth-order valence-electron chi connectivity index (χ4n) is 4.04. The van der Waals surface area contributed by atoms with Crippen LogP contribution in [0.4, 0.5) is 0 Å². The van der Waals surface area contributed by atoms with Crippen LogP contribution >= 0.6 is 0 Å². The van der Waals surface area contributed by atoms with Crippen molar-refractivity contribution in [3.63, 3.8) is 0 Å². The van der Waals surface area contributed by atoms with Crippen molar-refractivity contribution in [2.24, 2.45) is 0 Å². The van der Waals surface area contributed by atoms with Gasteiger partial charge >= 0.3 is 8.80 Å². The predicted molar refractivity (Wildman–Crippen MR) is 130 cm³/mol. The minimum atomic E-state index is -2.70. The van der Waals surface area contributed by atoms with E-state index in [1.54, 1.807) is 0 Å². The Morgan fingerprint density at radius 3 is 0.931 bits per heavy atom. The van der Waals surface area contributed by atoms with E-state index in [0.29, 0.717) is 0 Å². The van der Waals surface area contributed by atoms with Gasteiger partial charge in [-0.3, -0.25) is 0 Å². The number of unbranched alkanes of at least 4 members (excludes halogenated alkanes) is 3. The molecular formula is C25H54O3Si. The van der Waals surface area contributed by atoms with Crippen LogP contribution in [0.1, 0.15) is 138 Å². The van der Waals surface area contributed by atoms with Gasteiger partial charge in [0, 0.05) is 24.9 Å². The normalized spacial score (nSPS) is 17.1. The van der Waals surface area contributed by atoms with E-state index in [0.717, 1.165) is 57.8 Å². The molecule has 0 spiro atoms. The van der Waals surface area contributed by atoms with Crippen LogP contribution in [-0.2, 0) is 13.3 Å². The van der Waals surface area contributed by atoms with Crippen LogP contribution in [0.3, 0.4) is 0 Å². The molecule has 0 bridgehead atoms. The number of rotatable bonds is 21. The number of hydrogen-bond acceptors (Lipinski definition) is 3. The third-order valence-electron chi connectivity index (χ3n) is 5.61. The first-order chi connectivity index (χ1) is 14.0. The molecule has 3 nitrogen and oxygen atoms in total. The van der Waals surface area contributed by atoms with Gasteiger partial charge in [0.2, 0.25) is 0 Å². The molecule has 0 aliphatic carbocycles. The summed E-state index contributed by atoms with van der Waals surface area (Å²) in [6.07, 6.45) is 18.3. The van der Waals surface area contributed by atoms with Gasteiger partial charge in [-0.05, 0) is 38.5 Å². The van der Waals surface area contributed by atoms with E-state index in [9.17, 15) is 0 Å². The Bertz CT molecular complexity index is 301. The Labute approximate surface area is 185 Å². The molecule has 0 aromatic carbocycles. The molecule has 29 heavy (non-hydrogen) atoms. The molecule has 0 aromatic rings. The highest BCUT2D eigenvalue weighted by Gasteiger charge is 2.41. The second kappa shape index (κ2) is 18.8. The van der Waals surface area contributed by atoms with E-state index >= 15 is 0 Å². The van der Waals surface area contributed by atoms with E-state index in [2.05, 4.69) is 48.1 Å². The summed E-state index contributed by atoms with van der Waals surface area (Å²) in [6, 6.07) is 0. The summed E-state index contributed by atoms with van der Waals surface area (Å²) < 4.78 is 20.4. The SMILES string of the molecule is CCCCC(CCC)O[Si](C)(OC(CCC)CCCC)OC(CCC)CCCC. The standard InChI is InChI=1S/C25H54O3Si/c1-8-14-20-23(17-11-4)26-29(7,27-24(18-12-5)21-15-9-2)28-25(19-13-6)22-16-10-3/h23-25H,8-22H2,1-7H3. The Morgan fingerprint density at radius 1 is 0.448 bits per heavy atom. The van der Waals surface area contributed by atoms with Crippen LogP contribution in [0.25, 0.3) is 0 Å². The van der Waals surface area contributed by atoms with Gasteiger partial charge in [0.05, 0.1) is 0 Å². The lowest BCUT2D eigenvalue weighted by atomic mass is 10.1. The van der Waals surface area contributed by atoms with E-state index in [1.807, 2.05) is 0 Å². The van der Waals surface area contributed by atoms with Crippen LogP contribution in [-0.4, -0.2) is 27.1 Å². The molecule has 0 amide bonds. The van der Waals surface area contributed by atoms with Gasteiger partial charge in [-0.25, -0.2) is 0 Å². The topological polar surface area (TPSA) is 27.7 Å². The molecule has 0 N–H and O–H groups in total. The lowest BCUT2D eigenvalue weighted by Crippen LogP contribution is -2.50. The molecule has 0 rings (SSSR count). The maximum Gasteiger partial charge on any atom is 0.498 e. The molecule has 176 valence electrons. The van der Waals surface area contributed by atoms with Crippen molar-refractivity contribution in [3.8, 4) is 0 Å². The molecule has 4 heteroatoms. The van der Waals surface area contributed by atoms with E-state index in [-0.39, 0.29) is 18.3 Å². The van der Waals surface area contributed by atoms with Gasteiger partial charge in [-0.15, -0.1) is 0 Å². The fourth-order valence-corrected chi connectivity index (χ4v) is 6.73. The van der Waals surface area contributed by atoms with Crippen molar-refractivity contribution in [1.82, 2.24) is 0 Å². The molecule has 0 aromatic heterocycles. The number of hydrogen-bond donors (Lipinski definition) is 0. The maximum absolute atomic E-state index is 6.79. The van der Waals surface area contributed by atoms with Crippen molar-refractivity contribution >= 4 is 8.80 Å². The van der Waals surface area contributed by atoms with Crippen LogP contribution in [0, 0.1) is 0 Å². The van der Waals surface area contributed by atoms with E-state index in [1.165, 1.54) is 38.5 Å². The molecule has 0 radical (unpaired) electrons. The van der Waals surface area contributed by atoms with Crippen LogP contribution in [0.5, 0.6) is 0 Å². The lowest BCUT2D eigenvalue weighted by Gasteiger charge is -2.37. The van der Waals surface area contributed by atoms with Crippen molar-refractivity contribution in [1.29, 1.82) is 0 Å². The largest absolute Gasteiger partial charge is 0.498 e. The average Bonchev–Trinajstić information content (AvgIpc) is 2.69. The summed E-state index contributed by atoms with van der Waals surface area (Å²) in [6.45, 7) is 15.7. The Hall–Kier alpha value is 0.0969. The van der Waals surface area contributed by atoms with Gasteiger partial charge in [-0.1, -0.05) is 99.3 Å². The van der Waals surface area contributed by atoms with E-state index in [4.69, 9.17) is 13.3 Å². The monoisotopic (exact) mass is 430 g/mol. The lowest BCUT2D eigenvalue weighted by molar-refractivity contribution is -0.0269. The summed E-state index contributed by atoms with van der Waals surface area (Å²) in [5.41, 5.74) is 0. The molecule has 0 saturated heterocycles. The Morgan fingerprint density at radius 2 is 0.724 bits per heavy atom. The summed E-state index contributed by atoms with van der Waals surface area (Å²) in [5, 5.41) is 0. The molecule has 0 saturated carbocycles. The smallest absolute Gasteiger partial charge is 0.371 e. The summed E-state index contributed by atoms with van der Waals surface area (Å²) in [7, 11) is -2.70. The van der Waals surface area contributed by atoms with Crippen molar-refractivity contribution in [2.75, 3.05) is 0 Å². The second-order valence-corrected chi connectivity index (χ2v) is 11.3. The zero-order valence-electron chi connectivity index (χ0n) is 21.1. The van der Waals surface area contributed by atoms with Gasteiger partial charge < -0.3 is 13.3 Å². The molecule has 3 atom stereocenters. The maximum atomic E-state index is 6.79. The molecule has 0 fully saturated rings. The first-order valence-corrected chi connectivity index (χ1v) is 15.2. The molecular weight excluding hydrogens is 376 g/mol. The quantitative estimate of drug-likeness (QED) is 0.170. The summed E-state index contributed by atoms with van der Waals surface area (Å²) in [4.78, 5) is 0. The third kappa shape index (κ3) is 14.7. The zero-order valence-corrected chi connectivity index (χ0v) is 22.1. The second-order valence-electron chi connectivity index (χ2n) is 8.87.